The van der Waals surface area contributed by atoms with Gasteiger partial charge in [0.05, 0.1) is 37.4 Å². The number of Topliss-reactive ketones (excluding diaryl/α,β-unsaturated/α-hetero) is 1. The second kappa shape index (κ2) is 36.0. The van der Waals surface area contributed by atoms with E-state index in [2.05, 4.69) is 64.8 Å². The minimum atomic E-state index is -5.74. The lowest BCUT2D eigenvalue weighted by molar-refractivity contribution is -0.183. The van der Waals surface area contributed by atoms with Gasteiger partial charge in [-0.25, -0.2) is 13.9 Å². The minimum Gasteiger partial charge on any atom is -0.462 e. The molecule has 1 saturated heterocycles. The Bertz CT molecular complexity index is 2210. The summed E-state index contributed by atoms with van der Waals surface area (Å²) in [5.74, 6) is -5.20. The van der Waals surface area contributed by atoms with Crippen molar-refractivity contribution in [1.82, 2.24) is 9.55 Å². The van der Waals surface area contributed by atoms with Crippen molar-refractivity contribution < 1.29 is 81.3 Å². The van der Waals surface area contributed by atoms with Gasteiger partial charge in [-0.3, -0.25) is 28.0 Å². The minimum absolute atomic E-state index is 0.0364. The molecule has 2 bridgehead atoms. The maximum absolute atomic E-state index is 14.3. The Hall–Kier alpha value is -4.21. The number of esters is 2. The molecule has 0 saturated carbocycles. The largest absolute Gasteiger partial charge is 0.481 e. The molecule has 11 atom stereocenters. The van der Waals surface area contributed by atoms with E-state index in [1.54, 1.807) is 12.2 Å². The first kappa shape index (κ1) is 65.1. The summed E-state index contributed by atoms with van der Waals surface area (Å²) in [6.07, 6.45) is 21.4. The Morgan fingerprint density at radius 3 is 2.21 bits per heavy atom. The van der Waals surface area contributed by atoms with E-state index >= 15 is 0 Å². The molecule has 23 heteroatoms. The molecule has 0 spiro atoms. The van der Waals surface area contributed by atoms with Gasteiger partial charge in [0.25, 0.3) is 0 Å². The van der Waals surface area contributed by atoms with E-state index in [0.717, 1.165) is 68.6 Å². The van der Waals surface area contributed by atoms with Crippen LogP contribution in [0, 0.1) is 11.8 Å². The molecular weight excluding hydrogens is 1020 g/mol. The van der Waals surface area contributed by atoms with Crippen molar-refractivity contribution in [1.29, 1.82) is 0 Å². The number of nitrogens with two attached hydrogens (primary N) is 1. The molecule has 75 heavy (non-hydrogen) atoms. The predicted molar refractivity (Wildman–Crippen MR) is 280 cm³/mol. The maximum atomic E-state index is 14.3. The molecule has 21 nitrogen and oxygen atoms in total. The zero-order chi connectivity index (χ0) is 55.1. The van der Waals surface area contributed by atoms with Gasteiger partial charge in [-0.05, 0) is 76.7 Å². The highest BCUT2D eigenvalue weighted by molar-refractivity contribution is 7.61. The van der Waals surface area contributed by atoms with Crippen molar-refractivity contribution in [3.05, 3.63) is 95.7 Å². The van der Waals surface area contributed by atoms with Crippen LogP contribution in [0.2, 0.25) is 0 Å². The van der Waals surface area contributed by atoms with Gasteiger partial charge in [-0.15, -0.1) is 0 Å². The number of hydrogen-bond donors (Lipinski definition) is 7. The summed E-state index contributed by atoms with van der Waals surface area (Å²) in [6, 6.07) is 1.21. The molecule has 1 aromatic rings. The van der Waals surface area contributed by atoms with Crippen LogP contribution < -0.4 is 11.4 Å². The lowest BCUT2D eigenvalue weighted by Gasteiger charge is -2.38. The van der Waals surface area contributed by atoms with E-state index in [9.17, 15) is 58.5 Å². The number of nitrogens with zero attached hydrogens (tertiary/aromatic N) is 2. The summed E-state index contributed by atoms with van der Waals surface area (Å²) in [4.78, 5) is 78.4. The lowest BCUT2D eigenvalue weighted by atomic mass is 9.83. The van der Waals surface area contributed by atoms with E-state index in [1.807, 2.05) is 6.92 Å². The van der Waals surface area contributed by atoms with E-state index in [4.69, 9.17) is 29.0 Å². The normalized spacial score (nSPS) is 29.5. The molecule has 8 N–H and O–H groups in total. The van der Waals surface area contributed by atoms with Crippen LogP contribution in [-0.2, 0) is 51.1 Å². The average molecular weight is 1100 g/mol. The highest BCUT2D eigenvalue weighted by atomic mass is 31.3. The Balaban J connectivity index is 1.78. The highest BCUT2D eigenvalue weighted by Crippen LogP contribution is 2.60. The number of phosphoric ester groups is 2. The number of anilines is 1. The van der Waals surface area contributed by atoms with Crippen molar-refractivity contribution in [2.75, 3.05) is 25.6 Å². The molecule has 0 aromatic carbocycles. The number of phosphoric acid groups is 2. The van der Waals surface area contributed by atoms with E-state index in [-0.39, 0.29) is 37.9 Å². The molecular formula is C52H81N3O18P2. The quantitative estimate of drug-likeness (QED) is 0.0256. The van der Waals surface area contributed by atoms with Crippen LogP contribution in [0.4, 0.5) is 5.82 Å². The third-order valence-corrected chi connectivity index (χ3v) is 14.7. The number of hydrogen-bond acceptors (Lipinski definition) is 18. The Labute approximate surface area is 440 Å². The van der Waals surface area contributed by atoms with Crippen LogP contribution in [0.5, 0.6) is 0 Å². The van der Waals surface area contributed by atoms with Crippen molar-refractivity contribution in [2.45, 2.75) is 179 Å². The SMILES string of the molecule is CC/C=C\C/C=C\C/C=C\C/C=C\CCCCCCC(=O)O[C@@H]1COC(=O)CCC/C=C\C[C@H]2C(=O)C[C@@H](O)[C@H](/C=C/[C@@H](O)CCCCC)[C@H](O)[C@H](O)[C@@H](COP(=O)(O)OP(=O)(O)OC1)O[C@H]2n1ccc(N)nc1=O. The first-order valence-electron chi connectivity index (χ1n) is 26.1. The summed E-state index contributed by atoms with van der Waals surface area (Å²) in [5, 5.41) is 45.5. The number of aromatic nitrogens is 2. The fraction of sp³-hybridized carbons (Fsp3) is 0.635. The van der Waals surface area contributed by atoms with E-state index in [0.29, 0.717) is 25.7 Å². The number of carbonyl (C=O) groups excluding carboxylic acids is 3. The average Bonchev–Trinajstić information content (AvgIpc) is 3.35. The smallest absolute Gasteiger partial charge is 0.462 e. The fourth-order valence-corrected chi connectivity index (χ4v) is 10.1. The van der Waals surface area contributed by atoms with Gasteiger partial charge >= 0.3 is 33.3 Å². The topological polar surface area (TPSA) is 323 Å². The molecule has 1 aromatic heterocycles. The number of allylic oxidation sites excluding steroid dienone is 10. The third kappa shape index (κ3) is 26.6. The van der Waals surface area contributed by atoms with Gasteiger partial charge in [0.1, 0.15) is 36.6 Å². The molecule has 0 amide bonds. The van der Waals surface area contributed by atoms with Crippen LogP contribution in [-0.4, -0.2) is 114 Å². The number of aliphatic hydroxyl groups excluding tert-OH is 4. The summed E-state index contributed by atoms with van der Waals surface area (Å²) in [6.45, 7) is 1.28. The van der Waals surface area contributed by atoms with Crippen molar-refractivity contribution in [3.8, 4) is 0 Å². The van der Waals surface area contributed by atoms with Crippen LogP contribution in [0.1, 0.15) is 142 Å². The van der Waals surface area contributed by atoms with Crippen molar-refractivity contribution >= 4 is 39.2 Å². The monoisotopic (exact) mass is 1100 g/mol. The van der Waals surface area contributed by atoms with Gasteiger partial charge in [0, 0.05) is 31.4 Å². The zero-order valence-corrected chi connectivity index (χ0v) is 45.1. The standard InChI is InChI=1S/C52H81N3O18P2/c1-3-5-7-8-9-10-11-12-13-14-15-16-17-18-19-20-26-30-48(60)71-40-36-68-47(59)29-25-22-21-24-28-42-44(58)35-43(57)41(32-31-39(56)27-23-6-4-2)49(61)50(62)45(38-70-75(66,67)73-74(64,65)69-37-40)72-51(42)55-34-33-46(53)54-52(55)63/h5,7,9-10,12-13,15-16,21,24,31-34,39-43,45,49-51,56-57,61-62H,3-4,6,8,11,14,17-20,22-23,25-30,35-38H2,1-2H3,(H,64,65)(H,66,67)(H2,53,54,63)/b7-5-,10-9-,13-12-,16-15-,24-21-,32-31+/t39-,40+,41-,42-,43+,45+,49-,50+,51+/m0/s1. The number of cyclic esters (lactones) is 1. The van der Waals surface area contributed by atoms with E-state index in [1.165, 1.54) is 18.2 Å². The molecule has 422 valence electrons. The van der Waals surface area contributed by atoms with Crippen LogP contribution in [0.25, 0.3) is 0 Å². The van der Waals surface area contributed by atoms with Gasteiger partial charge in [0.2, 0.25) is 0 Å². The number of aliphatic hydroxyl groups is 4. The number of ketones is 1. The van der Waals surface area contributed by atoms with Crippen molar-refractivity contribution in [2.24, 2.45) is 11.8 Å². The molecule has 2 aliphatic heterocycles. The highest BCUT2D eigenvalue weighted by Gasteiger charge is 2.45. The molecule has 1 fully saturated rings. The summed E-state index contributed by atoms with van der Waals surface area (Å²) < 4.78 is 58.9. The van der Waals surface area contributed by atoms with Crippen molar-refractivity contribution in [3.63, 3.8) is 0 Å². The van der Waals surface area contributed by atoms with Gasteiger partial charge in [0.15, 0.2) is 6.10 Å². The van der Waals surface area contributed by atoms with Crippen LogP contribution in [0.3, 0.4) is 0 Å². The molecule has 3 heterocycles. The Morgan fingerprint density at radius 1 is 0.867 bits per heavy atom. The first-order valence-corrected chi connectivity index (χ1v) is 29.0. The maximum Gasteiger partial charge on any atom is 0.481 e. The number of ether oxygens (including phenoxy) is 3. The summed E-state index contributed by atoms with van der Waals surface area (Å²) in [5.41, 5.74) is 4.72. The summed E-state index contributed by atoms with van der Waals surface area (Å²) >= 11 is 0. The number of rotatable bonds is 22. The fourth-order valence-electron chi connectivity index (χ4n) is 7.99. The third-order valence-electron chi connectivity index (χ3n) is 12.1. The zero-order valence-electron chi connectivity index (χ0n) is 43.3. The number of unbranched alkanes of at least 4 members (excludes halogenated alkanes) is 6. The van der Waals surface area contributed by atoms with Gasteiger partial charge in [-0.1, -0.05) is 119 Å². The molecule has 2 unspecified atom stereocenters. The van der Waals surface area contributed by atoms with Crippen LogP contribution >= 0.6 is 15.6 Å². The second-order valence-electron chi connectivity index (χ2n) is 18.4. The van der Waals surface area contributed by atoms with E-state index < -0.39 is 120 Å². The number of carbonyl (C=O) groups is 3. The number of nitrogen functional groups attached to an aromatic ring is 1. The van der Waals surface area contributed by atoms with Gasteiger partial charge < -0.3 is 50.2 Å². The Kier molecular flexibility index (Phi) is 31.2. The lowest BCUT2D eigenvalue weighted by Crippen LogP contribution is -2.51. The Morgan fingerprint density at radius 2 is 1.53 bits per heavy atom. The second-order valence-corrected chi connectivity index (χ2v) is 21.5. The number of fused-ring (bicyclic) bond motifs is 3. The van der Waals surface area contributed by atoms with Crippen LogP contribution in [0.15, 0.2) is 90.0 Å². The molecule has 3 rings (SSSR count). The van der Waals surface area contributed by atoms with Gasteiger partial charge in [-0.2, -0.15) is 9.29 Å². The predicted octanol–water partition coefficient (Wildman–Crippen LogP) is 7.48. The molecule has 0 radical (unpaired) electrons. The molecule has 0 aliphatic carbocycles. The molecule has 2 aliphatic rings. The first-order chi connectivity index (χ1) is 35.9. The summed E-state index contributed by atoms with van der Waals surface area (Å²) in [7, 11) is -11.3.